The number of nitrogens with zero attached hydrogens (tertiary/aromatic N) is 2. The molecule has 0 N–H and O–H groups in total. The number of benzene rings is 2. The second-order valence-corrected chi connectivity index (χ2v) is 6.72. The summed E-state index contributed by atoms with van der Waals surface area (Å²) in [6.07, 6.45) is 4.31. The van der Waals surface area contributed by atoms with Crippen molar-refractivity contribution in [2.24, 2.45) is 0 Å². The third kappa shape index (κ3) is 2.18. The molecule has 110 valence electrons. The maximum Gasteiger partial charge on any atom is 0.279 e. The Hall–Kier alpha value is -1.94. The highest BCUT2D eigenvalue weighted by Gasteiger charge is 2.23. The van der Waals surface area contributed by atoms with Crippen molar-refractivity contribution in [3.63, 3.8) is 0 Å². The SMILES string of the molecule is Cc1c(Br)cccc1-n1ncc2cc(C3CC3)ccc2c1=O. The zero-order valence-corrected chi connectivity index (χ0v) is 13.8. The lowest BCUT2D eigenvalue weighted by Crippen LogP contribution is -2.21. The first-order valence-electron chi connectivity index (χ1n) is 7.42. The molecular formula is C18H15BrN2O. The lowest BCUT2D eigenvalue weighted by Gasteiger charge is -2.10. The van der Waals surface area contributed by atoms with Crippen LogP contribution in [-0.4, -0.2) is 9.78 Å². The maximum absolute atomic E-state index is 12.8. The molecule has 0 spiro atoms. The van der Waals surface area contributed by atoms with E-state index in [2.05, 4.69) is 33.2 Å². The highest BCUT2D eigenvalue weighted by Crippen LogP contribution is 2.40. The van der Waals surface area contributed by atoms with Crippen molar-refractivity contribution < 1.29 is 0 Å². The monoisotopic (exact) mass is 354 g/mol. The number of fused-ring (bicyclic) bond motifs is 1. The smallest absolute Gasteiger partial charge is 0.267 e. The van der Waals surface area contributed by atoms with Crippen LogP contribution in [0.1, 0.15) is 29.9 Å². The van der Waals surface area contributed by atoms with Crippen molar-refractivity contribution in [1.29, 1.82) is 0 Å². The quantitative estimate of drug-likeness (QED) is 0.686. The molecule has 1 heterocycles. The maximum atomic E-state index is 12.8. The van der Waals surface area contributed by atoms with Crippen molar-refractivity contribution in [3.05, 3.63) is 68.5 Å². The predicted molar refractivity (Wildman–Crippen MR) is 91.8 cm³/mol. The normalized spacial score (nSPS) is 14.5. The van der Waals surface area contributed by atoms with Gasteiger partial charge in [-0.3, -0.25) is 4.79 Å². The van der Waals surface area contributed by atoms with Crippen LogP contribution < -0.4 is 5.56 Å². The fourth-order valence-electron chi connectivity index (χ4n) is 2.84. The van der Waals surface area contributed by atoms with E-state index in [0.29, 0.717) is 5.92 Å². The summed E-state index contributed by atoms with van der Waals surface area (Å²) < 4.78 is 2.46. The molecule has 0 bridgehead atoms. The molecule has 0 aliphatic heterocycles. The standard InChI is InChI=1S/C18H15BrN2O/c1-11-16(19)3-2-4-17(11)21-18(22)15-8-7-13(12-5-6-12)9-14(15)10-20-21/h2-4,7-10,12H,5-6H2,1H3. The summed E-state index contributed by atoms with van der Waals surface area (Å²) in [5.41, 5.74) is 3.07. The molecule has 0 unspecified atom stereocenters. The Morgan fingerprint density at radius 1 is 1.23 bits per heavy atom. The minimum absolute atomic E-state index is 0.0685. The average molecular weight is 355 g/mol. The van der Waals surface area contributed by atoms with Gasteiger partial charge in [0.2, 0.25) is 0 Å². The highest BCUT2D eigenvalue weighted by atomic mass is 79.9. The van der Waals surface area contributed by atoms with Gasteiger partial charge in [-0.2, -0.15) is 9.78 Å². The van der Waals surface area contributed by atoms with Gasteiger partial charge in [0.25, 0.3) is 5.56 Å². The Balaban J connectivity index is 1.92. The van der Waals surface area contributed by atoms with Crippen LogP contribution >= 0.6 is 15.9 Å². The molecule has 3 nitrogen and oxygen atoms in total. The number of hydrogen-bond acceptors (Lipinski definition) is 2. The molecule has 0 amide bonds. The van der Waals surface area contributed by atoms with Crippen LogP contribution in [0.5, 0.6) is 0 Å². The third-order valence-corrected chi connectivity index (χ3v) is 5.19. The molecule has 4 rings (SSSR count). The number of halogens is 1. The van der Waals surface area contributed by atoms with E-state index < -0.39 is 0 Å². The van der Waals surface area contributed by atoms with Gasteiger partial charge in [-0.05, 0) is 61.1 Å². The summed E-state index contributed by atoms with van der Waals surface area (Å²) in [6, 6.07) is 11.9. The van der Waals surface area contributed by atoms with Crippen LogP contribution in [0.25, 0.3) is 16.5 Å². The topological polar surface area (TPSA) is 34.9 Å². The fraction of sp³-hybridized carbons (Fsp3) is 0.222. The summed E-state index contributed by atoms with van der Waals surface area (Å²) in [7, 11) is 0. The summed E-state index contributed by atoms with van der Waals surface area (Å²) in [5.74, 6) is 0.680. The number of aromatic nitrogens is 2. The summed E-state index contributed by atoms with van der Waals surface area (Å²) in [6.45, 7) is 1.98. The van der Waals surface area contributed by atoms with Crippen molar-refractivity contribution in [2.75, 3.05) is 0 Å². The van der Waals surface area contributed by atoms with Gasteiger partial charge in [-0.25, -0.2) is 0 Å². The second kappa shape index (κ2) is 5.06. The molecule has 1 aromatic heterocycles. The van der Waals surface area contributed by atoms with E-state index in [0.717, 1.165) is 26.5 Å². The van der Waals surface area contributed by atoms with E-state index in [1.54, 1.807) is 6.20 Å². The highest BCUT2D eigenvalue weighted by molar-refractivity contribution is 9.10. The van der Waals surface area contributed by atoms with E-state index in [9.17, 15) is 4.79 Å². The molecule has 0 radical (unpaired) electrons. The van der Waals surface area contributed by atoms with Crippen molar-refractivity contribution in [2.45, 2.75) is 25.7 Å². The lowest BCUT2D eigenvalue weighted by atomic mass is 10.1. The van der Waals surface area contributed by atoms with Gasteiger partial charge < -0.3 is 0 Å². The first kappa shape index (κ1) is 13.7. The fourth-order valence-corrected chi connectivity index (χ4v) is 3.19. The van der Waals surface area contributed by atoms with Crippen molar-refractivity contribution in [1.82, 2.24) is 9.78 Å². The summed E-state index contributed by atoms with van der Waals surface area (Å²) in [5, 5.41) is 6.03. The lowest BCUT2D eigenvalue weighted by molar-refractivity contribution is 0.814. The summed E-state index contributed by atoms with van der Waals surface area (Å²) >= 11 is 3.51. The van der Waals surface area contributed by atoms with Gasteiger partial charge in [0, 0.05) is 9.86 Å². The van der Waals surface area contributed by atoms with Crippen LogP contribution in [0.4, 0.5) is 0 Å². The molecule has 3 aromatic rings. The zero-order valence-electron chi connectivity index (χ0n) is 12.2. The minimum Gasteiger partial charge on any atom is -0.267 e. The van der Waals surface area contributed by atoms with Crippen LogP contribution in [0.2, 0.25) is 0 Å². The largest absolute Gasteiger partial charge is 0.279 e. The van der Waals surface area contributed by atoms with Crippen LogP contribution in [0.15, 0.2) is 51.9 Å². The van der Waals surface area contributed by atoms with E-state index in [4.69, 9.17) is 0 Å². The van der Waals surface area contributed by atoms with Crippen LogP contribution in [0, 0.1) is 6.92 Å². The van der Waals surface area contributed by atoms with E-state index >= 15 is 0 Å². The van der Waals surface area contributed by atoms with E-state index in [-0.39, 0.29) is 5.56 Å². The molecule has 0 atom stereocenters. The number of hydrogen-bond donors (Lipinski definition) is 0. The summed E-state index contributed by atoms with van der Waals surface area (Å²) in [4.78, 5) is 12.8. The van der Waals surface area contributed by atoms with Gasteiger partial charge in [0.1, 0.15) is 0 Å². The molecule has 2 aromatic carbocycles. The van der Waals surface area contributed by atoms with Crippen molar-refractivity contribution >= 4 is 26.7 Å². The van der Waals surface area contributed by atoms with Gasteiger partial charge in [-0.1, -0.05) is 28.1 Å². The van der Waals surface area contributed by atoms with Gasteiger partial charge in [0.05, 0.1) is 17.3 Å². The molecule has 1 aliphatic carbocycles. The Kier molecular flexibility index (Phi) is 3.15. The first-order chi connectivity index (χ1) is 10.6. The van der Waals surface area contributed by atoms with Gasteiger partial charge in [-0.15, -0.1) is 0 Å². The second-order valence-electron chi connectivity index (χ2n) is 5.87. The molecule has 1 aliphatic rings. The Labute approximate surface area is 136 Å². The van der Waals surface area contributed by atoms with Gasteiger partial charge >= 0.3 is 0 Å². The van der Waals surface area contributed by atoms with Gasteiger partial charge in [0.15, 0.2) is 0 Å². The molecular weight excluding hydrogens is 340 g/mol. The van der Waals surface area contributed by atoms with Crippen molar-refractivity contribution in [3.8, 4) is 5.69 Å². The predicted octanol–water partition coefficient (Wildman–Crippen LogP) is 4.33. The van der Waals surface area contributed by atoms with E-state index in [1.165, 1.54) is 23.1 Å². The van der Waals surface area contributed by atoms with E-state index in [1.807, 2.05) is 31.2 Å². The first-order valence-corrected chi connectivity index (χ1v) is 8.22. The molecule has 4 heteroatoms. The van der Waals surface area contributed by atoms with Crippen LogP contribution in [0.3, 0.4) is 0 Å². The third-order valence-electron chi connectivity index (χ3n) is 4.33. The Morgan fingerprint density at radius 3 is 2.82 bits per heavy atom. The molecule has 22 heavy (non-hydrogen) atoms. The Bertz CT molecular complexity index is 941. The Morgan fingerprint density at radius 2 is 2.05 bits per heavy atom. The molecule has 1 saturated carbocycles. The minimum atomic E-state index is -0.0685. The molecule has 0 saturated heterocycles. The zero-order chi connectivity index (χ0) is 15.3. The number of rotatable bonds is 2. The van der Waals surface area contributed by atoms with Crippen LogP contribution in [-0.2, 0) is 0 Å². The molecule has 1 fully saturated rings. The average Bonchev–Trinajstić information content (AvgIpc) is 3.35.